The third-order valence-corrected chi connectivity index (χ3v) is 5.28. The zero-order chi connectivity index (χ0) is 25.6. The second-order valence-electron chi connectivity index (χ2n) is 7.45. The third-order valence-electron chi connectivity index (χ3n) is 4.64. The van der Waals surface area contributed by atoms with Gasteiger partial charge in [-0.1, -0.05) is 0 Å². The summed E-state index contributed by atoms with van der Waals surface area (Å²) < 4.78 is 0. The van der Waals surface area contributed by atoms with Gasteiger partial charge in [0.15, 0.2) is 0 Å². The summed E-state index contributed by atoms with van der Waals surface area (Å²) in [6.07, 6.45) is 1.17. The molecule has 33 heavy (non-hydrogen) atoms. The lowest BCUT2D eigenvalue weighted by Crippen LogP contribution is -2.58. The van der Waals surface area contributed by atoms with Gasteiger partial charge >= 0.3 is 11.9 Å². The third kappa shape index (κ3) is 12.4. The number of carbonyl (C=O) groups is 5. The van der Waals surface area contributed by atoms with E-state index in [2.05, 4.69) is 16.0 Å². The summed E-state index contributed by atoms with van der Waals surface area (Å²) in [6.45, 7) is 1.70. The maximum atomic E-state index is 12.9. The molecular weight excluding hydrogens is 458 g/mol. The lowest BCUT2D eigenvalue weighted by atomic mass is 10.1. The number of carbonyl (C=O) groups excluding carboxylic acids is 3. The van der Waals surface area contributed by atoms with E-state index in [0.717, 1.165) is 0 Å². The standard InChI is InChI=1S/C19H35N5O8S/c1-10(25)15(21)18(30)23-11(5-3-4-7-20)16(28)22-12(6-8-33-2)17(29)24-13(19(31)32)9-14(26)27/h10-13,15,25H,3-9,20-21H2,1-2H3,(H,22,28)(H,23,30)(H,24,29)(H,26,27)(H,31,32). The normalized spacial score (nSPS) is 15.4. The molecule has 3 amide bonds. The largest absolute Gasteiger partial charge is 0.481 e. The average molecular weight is 494 g/mol. The highest BCUT2D eigenvalue weighted by atomic mass is 32.2. The van der Waals surface area contributed by atoms with Crippen LogP contribution in [0.1, 0.15) is 39.0 Å². The molecule has 0 saturated heterocycles. The number of rotatable bonds is 17. The number of unbranched alkanes of at least 4 members (excludes halogenated alkanes) is 1. The number of carboxylic acid groups (broad SMARTS) is 2. The van der Waals surface area contributed by atoms with Gasteiger partial charge in [-0.25, -0.2) is 4.79 Å². The monoisotopic (exact) mass is 493 g/mol. The van der Waals surface area contributed by atoms with Gasteiger partial charge in [0.25, 0.3) is 0 Å². The number of thioether (sulfide) groups is 1. The van der Waals surface area contributed by atoms with Crippen molar-refractivity contribution in [3.63, 3.8) is 0 Å². The number of aliphatic hydroxyl groups is 1. The second-order valence-corrected chi connectivity index (χ2v) is 8.44. The Hall–Kier alpha value is -2.42. The van der Waals surface area contributed by atoms with Crippen LogP contribution < -0.4 is 27.4 Å². The Labute approximate surface area is 196 Å². The molecule has 0 aromatic carbocycles. The number of nitrogens with one attached hydrogen (secondary N) is 3. The summed E-state index contributed by atoms with van der Waals surface area (Å²) in [5.74, 6) is -4.82. The molecule has 0 radical (unpaired) electrons. The molecule has 13 nitrogen and oxygen atoms in total. The summed E-state index contributed by atoms with van der Waals surface area (Å²) in [6, 6.07) is -5.18. The van der Waals surface area contributed by atoms with E-state index in [0.29, 0.717) is 25.1 Å². The first-order valence-electron chi connectivity index (χ1n) is 10.4. The van der Waals surface area contributed by atoms with Crippen LogP contribution >= 0.6 is 11.8 Å². The summed E-state index contributed by atoms with van der Waals surface area (Å²) in [5, 5.41) is 34.6. The van der Waals surface area contributed by atoms with E-state index in [1.165, 1.54) is 18.7 Å². The molecule has 0 aliphatic rings. The van der Waals surface area contributed by atoms with Crippen LogP contribution in [0.4, 0.5) is 0 Å². The Morgan fingerprint density at radius 1 is 0.879 bits per heavy atom. The highest BCUT2D eigenvalue weighted by Crippen LogP contribution is 2.07. The van der Waals surface area contributed by atoms with Crippen LogP contribution in [0.25, 0.3) is 0 Å². The van der Waals surface area contributed by atoms with Gasteiger partial charge in [0.1, 0.15) is 24.2 Å². The molecule has 0 spiro atoms. The topological polar surface area (TPSA) is 234 Å². The minimum atomic E-state index is -1.67. The zero-order valence-electron chi connectivity index (χ0n) is 18.8. The molecule has 0 aliphatic carbocycles. The summed E-state index contributed by atoms with van der Waals surface area (Å²) >= 11 is 1.38. The minimum absolute atomic E-state index is 0.134. The summed E-state index contributed by atoms with van der Waals surface area (Å²) in [5.41, 5.74) is 11.1. The van der Waals surface area contributed by atoms with Crippen LogP contribution in [0.3, 0.4) is 0 Å². The molecular formula is C19H35N5O8S. The molecule has 5 atom stereocenters. The van der Waals surface area contributed by atoms with Crippen molar-refractivity contribution in [2.24, 2.45) is 11.5 Å². The highest BCUT2D eigenvalue weighted by molar-refractivity contribution is 7.98. The van der Waals surface area contributed by atoms with Gasteiger partial charge in [0, 0.05) is 0 Å². The maximum Gasteiger partial charge on any atom is 0.326 e. The van der Waals surface area contributed by atoms with E-state index in [1.54, 1.807) is 6.26 Å². The van der Waals surface area contributed by atoms with Crippen molar-refractivity contribution in [1.29, 1.82) is 0 Å². The second kappa shape index (κ2) is 16.2. The molecule has 0 aromatic heterocycles. The molecule has 0 saturated carbocycles. The minimum Gasteiger partial charge on any atom is -0.481 e. The molecule has 0 heterocycles. The predicted molar refractivity (Wildman–Crippen MR) is 121 cm³/mol. The zero-order valence-corrected chi connectivity index (χ0v) is 19.6. The fraction of sp³-hybridized carbons (Fsp3) is 0.737. The van der Waals surface area contributed by atoms with Crippen LogP contribution in [0.15, 0.2) is 0 Å². The van der Waals surface area contributed by atoms with Crippen molar-refractivity contribution in [2.75, 3.05) is 18.6 Å². The van der Waals surface area contributed by atoms with E-state index in [-0.39, 0.29) is 12.8 Å². The molecule has 0 fully saturated rings. The van der Waals surface area contributed by atoms with Crippen molar-refractivity contribution >= 4 is 41.4 Å². The van der Waals surface area contributed by atoms with E-state index < -0.39 is 66.4 Å². The Morgan fingerprint density at radius 2 is 1.39 bits per heavy atom. The number of nitrogens with two attached hydrogens (primary N) is 2. The molecule has 190 valence electrons. The van der Waals surface area contributed by atoms with Crippen LogP contribution in [0, 0.1) is 0 Å². The fourth-order valence-electron chi connectivity index (χ4n) is 2.67. The van der Waals surface area contributed by atoms with Gasteiger partial charge in [0.2, 0.25) is 17.7 Å². The van der Waals surface area contributed by atoms with Crippen molar-refractivity contribution in [3.8, 4) is 0 Å². The first-order valence-corrected chi connectivity index (χ1v) is 11.8. The lowest BCUT2D eigenvalue weighted by Gasteiger charge is -2.25. The Bertz CT molecular complexity index is 679. The fourth-order valence-corrected chi connectivity index (χ4v) is 3.14. The SMILES string of the molecule is CSCCC(NC(=O)C(CCCCN)NC(=O)C(N)C(C)O)C(=O)NC(CC(=O)O)C(=O)O. The van der Waals surface area contributed by atoms with Crippen molar-refractivity contribution < 1.29 is 39.3 Å². The van der Waals surface area contributed by atoms with Crippen LogP contribution in [0.5, 0.6) is 0 Å². The quantitative estimate of drug-likeness (QED) is 0.0993. The molecule has 14 heteroatoms. The first-order chi connectivity index (χ1) is 15.4. The summed E-state index contributed by atoms with van der Waals surface area (Å²) in [4.78, 5) is 59.9. The smallest absolute Gasteiger partial charge is 0.326 e. The predicted octanol–water partition coefficient (Wildman–Crippen LogP) is -2.41. The van der Waals surface area contributed by atoms with Gasteiger partial charge in [0.05, 0.1) is 12.5 Å². The average Bonchev–Trinajstić information content (AvgIpc) is 2.73. The van der Waals surface area contributed by atoms with Gasteiger partial charge in [-0.2, -0.15) is 11.8 Å². The molecule has 0 aliphatic heterocycles. The lowest BCUT2D eigenvalue weighted by molar-refractivity contribution is -0.147. The van der Waals surface area contributed by atoms with E-state index in [1.807, 2.05) is 0 Å². The number of amides is 3. The number of hydrogen-bond donors (Lipinski definition) is 8. The number of carboxylic acids is 2. The highest BCUT2D eigenvalue weighted by Gasteiger charge is 2.31. The number of aliphatic hydroxyl groups excluding tert-OH is 1. The number of aliphatic carboxylic acids is 2. The van der Waals surface area contributed by atoms with E-state index in [4.69, 9.17) is 21.7 Å². The van der Waals surface area contributed by atoms with Gasteiger partial charge in [-0.15, -0.1) is 0 Å². The Balaban J connectivity index is 5.48. The van der Waals surface area contributed by atoms with E-state index in [9.17, 15) is 29.1 Å². The van der Waals surface area contributed by atoms with Crippen LogP contribution in [-0.4, -0.2) is 93.8 Å². The van der Waals surface area contributed by atoms with Gasteiger partial charge in [-0.3, -0.25) is 19.2 Å². The molecule has 0 bridgehead atoms. The van der Waals surface area contributed by atoms with Crippen molar-refractivity contribution in [2.45, 2.75) is 69.3 Å². The van der Waals surface area contributed by atoms with Crippen LogP contribution in [-0.2, 0) is 24.0 Å². The molecule has 0 rings (SSSR count). The maximum absolute atomic E-state index is 12.9. The summed E-state index contributed by atoms with van der Waals surface area (Å²) in [7, 11) is 0. The number of hydrogen-bond acceptors (Lipinski definition) is 9. The Kier molecular flexibility index (Phi) is 15.0. The van der Waals surface area contributed by atoms with Crippen molar-refractivity contribution in [3.05, 3.63) is 0 Å². The first kappa shape index (κ1) is 30.6. The van der Waals surface area contributed by atoms with Crippen molar-refractivity contribution in [1.82, 2.24) is 16.0 Å². The molecule has 5 unspecified atom stereocenters. The van der Waals surface area contributed by atoms with E-state index >= 15 is 0 Å². The molecule has 10 N–H and O–H groups in total. The van der Waals surface area contributed by atoms with Gasteiger partial charge in [-0.05, 0) is 51.2 Å². The van der Waals surface area contributed by atoms with Gasteiger partial charge < -0.3 is 42.7 Å². The molecule has 0 aromatic rings. The van der Waals surface area contributed by atoms with Crippen LogP contribution in [0.2, 0.25) is 0 Å². The Morgan fingerprint density at radius 3 is 1.85 bits per heavy atom.